The monoisotopic (exact) mass is 388 g/mol. The lowest BCUT2D eigenvalue weighted by molar-refractivity contribution is -0.121. The first kappa shape index (κ1) is 18.9. The molecule has 1 atom stereocenters. The second-order valence-corrected chi connectivity index (χ2v) is 6.99. The molecule has 1 saturated heterocycles. The van der Waals surface area contributed by atoms with Gasteiger partial charge in [-0.1, -0.05) is 12.1 Å². The van der Waals surface area contributed by atoms with Crippen molar-refractivity contribution in [2.45, 2.75) is 11.7 Å². The number of carbonyl (C=O) groups is 3. The van der Waals surface area contributed by atoms with E-state index in [4.69, 9.17) is 4.74 Å². The number of benzene rings is 2. The highest BCUT2D eigenvalue weighted by Gasteiger charge is 2.40. The maximum Gasteiger partial charge on any atom is 0.247 e. The number of nitrogens with one attached hydrogen (secondary N) is 1. The van der Waals surface area contributed by atoms with E-state index >= 15 is 0 Å². The Kier molecular flexibility index (Phi) is 5.75. The van der Waals surface area contributed by atoms with Crippen molar-refractivity contribution in [2.24, 2.45) is 0 Å². The third-order valence-corrected chi connectivity index (χ3v) is 5.19. The Morgan fingerprint density at radius 2 is 1.93 bits per heavy atom. The smallest absolute Gasteiger partial charge is 0.247 e. The zero-order chi connectivity index (χ0) is 19.4. The highest BCUT2D eigenvalue weighted by molar-refractivity contribution is 8.01. The number of hydrogen-bond donors (Lipinski definition) is 1. The number of halogens is 1. The number of carbonyl (C=O) groups excluding carboxylic acids is 3. The summed E-state index contributed by atoms with van der Waals surface area (Å²) in [6, 6.07) is 12.1. The predicted octanol–water partition coefficient (Wildman–Crippen LogP) is 2.84. The van der Waals surface area contributed by atoms with E-state index in [2.05, 4.69) is 5.32 Å². The summed E-state index contributed by atoms with van der Waals surface area (Å²) in [5, 5.41) is 2.08. The number of imide groups is 1. The highest BCUT2D eigenvalue weighted by atomic mass is 32.2. The molecule has 1 heterocycles. The van der Waals surface area contributed by atoms with Crippen LogP contribution < -0.4 is 15.0 Å². The molecule has 0 radical (unpaired) electrons. The Hall–Kier alpha value is -2.87. The van der Waals surface area contributed by atoms with Crippen molar-refractivity contribution in [3.8, 4) is 5.75 Å². The van der Waals surface area contributed by atoms with E-state index in [-0.39, 0.29) is 24.0 Å². The van der Waals surface area contributed by atoms with Crippen LogP contribution in [0.15, 0.2) is 48.5 Å². The van der Waals surface area contributed by atoms with Gasteiger partial charge in [0, 0.05) is 6.42 Å². The molecule has 1 aliphatic heterocycles. The number of amides is 3. The van der Waals surface area contributed by atoms with E-state index in [0.717, 1.165) is 16.7 Å². The molecule has 0 aromatic heterocycles. The van der Waals surface area contributed by atoms with Gasteiger partial charge in [0.25, 0.3) is 0 Å². The SMILES string of the molecule is COc1ccccc1NC(=O)CS[C@H]1CC(=O)N(c2ccc(F)cc2)C1=O. The van der Waals surface area contributed by atoms with E-state index in [1.54, 1.807) is 24.3 Å². The molecule has 1 fully saturated rings. The van der Waals surface area contributed by atoms with E-state index < -0.39 is 17.0 Å². The second-order valence-electron chi connectivity index (χ2n) is 5.80. The maximum absolute atomic E-state index is 13.0. The first-order valence-electron chi connectivity index (χ1n) is 8.16. The normalized spacial score (nSPS) is 16.5. The number of rotatable bonds is 6. The van der Waals surface area contributed by atoms with Crippen LogP contribution in [-0.2, 0) is 14.4 Å². The molecule has 0 unspecified atom stereocenters. The fourth-order valence-corrected chi connectivity index (χ4v) is 3.64. The van der Waals surface area contributed by atoms with Crippen LogP contribution in [-0.4, -0.2) is 35.8 Å². The fourth-order valence-electron chi connectivity index (χ4n) is 2.71. The summed E-state index contributed by atoms with van der Waals surface area (Å²) < 4.78 is 18.2. The number of ether oxygens (including phenoxy) is 1. The van der Waals surface area contributed by atoms with E-state index in [0.29, 0.717) is 17.1 Å². The molecule has 0 spiro atoms. The molecule has 2 aromatic carbocycles. The molecule has 1 aliphatic rings. The number of para-hydroxylation sites is 2. The van der Waals surface area contributed by atoms with Crippen LogP contribution in [0, 0.1) is 5.82 Å². The maximum atomic E-state index is 13.0. The van der Waals surface area contributed by atoms with E-state index in [9.17, 15) is 18.8 Å². The van der Waals surface area contributed by atoms with Gasteiger partial charge in [0.1, 0.15) is 11.6 Å². The summed E-state index contributed by atoms with van der Waals surface area (Å²) in [5.74, 6) is -0.970. The van der Waals surface area contributed by atoms with Crippen molar-refractivity contribution in [1.29, 1.82) is 0 Å². The largest absolute Gasteiger partial charge is 0.495 e. The Bertz CT molecular complexity index is 872. The first-order valence-corrected chi connectivity index (χ1v) is 9.21. The lowest BCUT2D eigenvalue weighted by atomic mass is 10.3. The molecule has 2 aromatic rings. The summed E-state index contributed by atoms with van der Waals surface area (Å²) in [4.78, 5) is 37.9. The van der Waals surface area contributed by atoms with Gasteiger partial charge >= 0.3 is 0 Å². The van der Waals surface area contributed by atoms with Crippen LogP contribution in [0.4, 0.5) is 15.8 Å². The van der Waals surface area contributed by atoms with Gasteiger partial charge in [0.05, 0.1) is 29.5 Å². The number of nitrogens with zero attached hydrogens (tertiary/aromatic N) is 1. The zero-order valence-corrected chi connectivity index (χ0v) is 15.3. The molecule has 27 heavy (non-hydrogen) atoms. The molecule has 0 aliphatic carbocycles. The zero-order valence-electron chi connectivity index (χ0n) is 14.5. The summed E-state index contributed by atoms with van der Waals surface area (Å²) in [5.41, 5.74) is 0.861. The summed E-state index contributed by atoms with van der Waals surface area (Å²) >= 11 is 1.10. The van der Waals surface area contributed by atoms with Gasteiger partial charge in [-0.3, -0.25) is 14.4 Å². The second kappa shape index (κ2) is 8.22. The average Bonchev–Trinajstić information content (AvgIpc) is 2.95. The molecule has 3 amide bonds. The number of anilines is 2. The molecule has 8 heteroatoms. The highest BCUT2D eigenvalue weighted by Crippen LogP contribution is 2.30. The minimum atomic E-state index is -0.647. The average molecular weight is 388 g/mol. The molecular weight excluding hydrogens is 371 g/mol. The summed E-state index contributed by atoms with van der Waals surface area (Å²) in [6.45, 7) is 0. The molecule has 6 nitrogen and oxygen atoms in total. The molecule has 3 rings (SSSR count). The van der Waals surface area contributed by atoms with Crippen LogP contribution in [0.25, 0.3) is 0 Å². The number of hydrogen-bond acceptors (Lipinski definition) is 5. The summed E-state index contributed by atoms with van der Waals surface area (Å²) in [6.07, 6.45) is 0.00279. The lowest BCUT2D eigenvalue weighted by Crippen LogP contribution is -2.31. The van der Waals surface area contributed by atoms with Crippen molar-refractivity contribution in [3.05, 3.63) is 54.3 Å². The Balaban J connectivity index is 1.60. The van der Waals surface area contributed by atoms with Crippen LogP contribution in [0.5, 0.6) is 5.75 Å². The molecule has 0 bridgehead atoms. The van der Waals surface area contributed by atoms with E-state index in [1.807, 2.05) is 0 Å². The van der Waals surface area contributed by atoms with Crippen LogP contribution in [0.1, 0.15) is 6.42 Å². The molecule has 1 N–H and O–H groups in total. The molecule has 140 valence electrons. The molecular formula is C19H17FN2O4S. The lowest BCUT2D eigenvalue weighted by Gasteiger charge is -2.15. The van der Waals surface area contributed by atoms with Crippen LogP contribution >= 0.6 is 11.8 Å². The third-order valence-electron chi connectivity index (χ3n) is 3.99. The van der Waals surface area contributed by atoms with Gasteiger partial charge in [0.15, 0.2) is 0 Å². The van der Waals surface area contributed by atoms with Crippen LogP contribution in [0.3, 0.4) is 0 Å². The van der Waals surface area contributed by atoms with Gasteiger partial charge in [-0.25, -0.2) is 9.29 Å². The van der Waals surface area contributed by atoms with Gasteiger partial charge in [0.2, 0.25) is 17.7 Å². The third kappa shape index (κ3) is 4.28. The van der Waals surface area contributed by atoms with Gasteiger partial charge < -0.3 is 10.1 Å². The quantitative estimate of drug-likeness (QED) is 0.770. The minimum absolute atomic E-state index is 0.00279. The summed E-state index contributed by atoms with van der Waals surface area (Å²) in [7, 11) is 1.51. The minimum Gasteiger partial charge on any atom is -0.495 e. The van der Waals surface area contributed by atoms with Gasteiger partial charge in [-0.15, -0.1) is 11.8 Å². The Labute approximate surface area is 159 Å². The van der Waals surface area contributed by atoms with Crippen molar-refractivity contribution >= 4 is 40.9 Å². The van der Waals surface area contributed by atoms with Gasteiger partial charge in [-0.2, -0.15) is 0 Å². The number of methoxy groups -OCH3 is 1. The first-order chi connectivity index (χ1) is 13.0. The predicted molar refractivity (Wildman–Crippen MR) is 101 cm³/mol. The number of thioether (sulfide) groups is 1. The van der Waals surface area contributed by atoms with Gasteiger partial charge in [-0.05, 0) is 36.4 Å². The van der Waals surface area contributed by atoms with Crippen molar-refractivity contribution in [2.75, 3.05) is 23.1 Å². The standard InChI is InChI=1S/C19H17FN2O4S/c1-26-15-5-3-2-4-14(15)21-17(23)11-27-16-10-18(24)22(19(16)25)13-8-6-12(20)7-9-13/h2-9,16H,10-11H2,1H3,(H,21,23)/t16-/m0/s1. The fraction of sp³-hybridized carbons (Fsp3) is 0.211. The Morgan fingerprint density at radius 1 is 1.22 bits per heavy atom. The molecule has 0 saturated carbocycles. The van der Waals surface area contributed by atoms with Crippen molar-refractivity contribution in [1.82, 2.24) is 0 Å². The van der Waals surface area contributed by atoms with Crippen LogP contribution in [0.2, 0.25) is 0 Å². The van der Waals surface area contributed by atoms with E-state index in [1.165, 1.54) is 31.4 Å². The Morgan fingerprint density at radius 3 is 2.63 bits per heavy atom. The van der Waals surface area contributed by atoms with Crippen molar-refractivity contribution < 1.29 is 23.5 Å². The van der Waals surface area contributed by atoms with Crippen molar-refractivity contribution in [3.63, 3.8) is 0 Å². The topological polar surface area (TPSA) is 75.7 Å².